The van der Waals surface area contributed by atoms with E-state index in [0.29, 0.717) is 13.1 Å². The second kappa shape index (κ2) is 7.51. The molecule has 0 bridgehead atoms. The number of amides is 1. The molecule has 0 spiro atoms. The molecular formula is C19H20F2N2O2. The lowest BCUT2D eigenvalue weighted by molar-refractivity contribution is -0.116. The van der Waals surface area contributed by atoms with E-state index < -0.39 is 6.61 Å². The normalized spacial score (nSPS) is 14.2. The number of alkyl halides is 2. The van der Waals surface area contributed by atoms with E-state index in [1.54, 1.807) is 24.0 Å². The zero-order valence-electron chi connectivity index (χ0n) is 14.0. The van der Waals surface area contributed by atoms with Crippen LogP contribution in [0.5, 0.6) is 5.75 Å². The van der Waals surface area contributed by atoms with Crippen molar-refractivity contribution in [2.24, 2.45) is 0 Å². The molecule has 25 heavy (non-hydrogen) atoms. The van der Waals surface area contributed by atoms with E-state index in [1.165, 1.54) is 6.07 Å². The van der Waals surface area contributed by atoms with Crippen molar-refractivity contribution in [3.8, 4) is 5.75 Å². The maximum absolute atomic E-state index is 12.4. The molecule has 1 aliphatic rings. The summed E-state index contributed by atoms with van der Waals surface area (Å²) in [4.78, 5) is 15.9. The van der Waals surface area contributed by atoms with Gasteiger partial charge in [-0.2, -0.15) is 8.78 Å². The largest absolute Gasteiger partial charge is 0.435 e. The van der Waals surface area contributed by atoms with Crippen LogP contribution < -0.4 is 14.5 Å². The summed E-state index contributed by atoms with van der Waals surface area (Å²) in [6, 6.07) is 14.5. The molecule has 2 aromatic carbocycles. The highest BCUT2D eigenvalue weighted by Crippen LogP contribution is 2.33. The van der Waals surface area contributed by atoms with E-state index in [-0.39, 0.29) is 11.7 Å². The standard InChI is InChI=1S/C19H20F2N2O2/c1-14(24)23-11-5-10-22(17-8-2-3-9-18(17)23)13-15-6-4-7-16(12-15)25-19(20)21/h2-4,6-9,12,19H,5,10-11,13H2,1H3. The molecule has 0 fully saturated rings. The van der Waals surface area contributed by atoms with E-state index in [0.717, 1.165) is 29.9 Å². The third-order valence-corrected chi connectivity index (χ3v) is 4.20. The second-order valence-electron chi connectivity index (χ2n) is 5.96. The van der Waals surface area contributed by atoms with E-state index in [2.05, 4.69) is 9.64 Å². The van der Waals surface area contributed by atoms with Crippen molar-refractivity contribution in [1.82, 2.24) is 0 Å². The van der Waals surface area contributed by atoms with Gasteiger partial charge in [-0.05, 0) is 36.2 Å². The lowest BCUT2D eigenvalue weighted by atomic mass is 10.1. The minimum atomic E-state index is -2.83. The van der Waals surface area contributed by atoms with Gasteiger partial charge in [0.1, 0.15) is 5.75 Å². The number of fused-ring (bicyclic) bond motifs is 1. The molecule has 0 radical (unpaired) electrons. The van der Waals surface area contributed by atoms with E-state index >= 15 is 0 Å². The van der Waals surface area contributed by atoms with Gasteiger partial charge in [-0.15, -0.1) is 0 Å². The van der Waals surface area contributed by atoms with Crippen LogP contribution in [0.1, 0.15) is 18.9 Å². The molecule has 3 rings (SSSR count). The summed E-state index contributed by atoms with van der Waals surface area (Å²) in [5.41, 5.74) is 2.73. The number of hydrogen-bond donors (Lipinski definition) is 0. The number of ether oxygens (including phenoxy) is 1. The summed E-state index contributed by atoms with van der Waals surface area (Å²) in [5.74, 6) is 0.169. The van der Waals surface area contributed by atoms with Crippen molar-refractivity contribution >= 4 is 17.3 Å². The molecule has 4 nitrogen and oxygen atoms in total. The van der Waals surface area contributed by atoms with E-state index in [4.69, 9.17) is 0 Å². The maximum Gasteiger partial charge on any atom is 0.387 e. The first kappa shape index (κ1) is 17.2. The lowest BCUT2D eigenvalue weighted by Crippen LogP contribution is -2.28. The third kappa shape index (κ3) is 4.07. The minimum absolute atomic E-state index is 0.0154. The highest BCUT2D eigenvalue weighted by Gasteiger charge is 2.22. The average molecular weight is 346 g/mol. The second-order valence-corrected chi connectivity index (χ2v) is 5.96. The highest BCUT2D eigenvalue weighted by molar-refractivity contribution is 5.95. The van der Waals surface area contributed by atoms with Crippen LogP contribution >= 0.6 is 0 Å². The Morgan fingerprint density at radius 1 is 1.12 bits per heavy atom. The number of benzene rings is 2. The first-order valence-electron chi connectivity index (χ1n) is 8.20. The summed E-state index contributed by atoms with van der Waals surface area (Å²) in [5, 5.41) is 0. The molecule has 1 aliphatic heterocycles. The van der Waals surface area contributed by atoms with Gasteiger partial charge in [-0.3, -0.25) is 4.79 Å². The Bertz CT molecular complexity index is 752. The minimum Gasteiger partial charge on any atom is -0.435 e. The molecule has 1 amide bonds. The van der Waals surface area contributed by atoms with Crippen molar-refractivity contribution in [3.05, 3.63) is 54.1 Å². The van der Waals surface area contributed by atoms with Gasteiger partial charge in [0.05, 0.1) is 11.4 Å². The van der Waals surface area contributed by atoms with Crippen molar-refractivity contribution in [2.45, 2.75) is 26.5 Å². The fraction of sp³-hybridized carbons (Fsp3) is 0.316. The topological polar surface area (TPSA) is 32.8 Å². The van der Waals surface area contributed by atoms with E-state index in [9.17, 15) is 13.6 Å². The first-order valence-corrected chi connectivity index (χ1v) is 8.20. The lowest BCUT2D eigenvalue weighted by Gasteiger charge is -2.26. The number of rotatable bonds is 4. The van der Waals surface area contributed by atoms with Crippen LogP contribution in [0, 0.1) is 0 Å². The monoisotopic (exact) mass is 346 g/mol. The molecule has 2 aromatic rings. The Kier molecular flexibility index (Phi) is 5.16. The molecule has 0 N–H and O–H groups in total. The maximum atomic E-state index is 12.4. The van der Waals surface area contributed by atoms with Crippen LogP contribution in [-0.4, -0.2) is 25.6 Å². The van der Waals surface area contributed by atoms with Gasteiger partial charge in [0.25, 0.3) is 0 Å². The molecule has 6 heteroatoms. The molecule has 0 saturated carbocycles. The Balaban J connectivity index is 1.87. The number of nitrogens with zero attached hydrogens (tertiary/aromatic N) is 2. The number of hydrogen-bond acceptors (Lipinski definition) is 3. The van der Waals surface area contributed by atoms with Crippen molar-refractivity contribution in [1.29, 1.82) is 0 Å². The Labute approximate surface area is 145 Å². The quantitative estimate of drug-likeness (QED) is 0.837. The van der Waals surface area contributed by atoms with Crippen molar-refractivity contribution in [3.63, 3.8) is 0 Å². The van der Waals surface area contributed by atoms with Gasteiger partial charge >= 0.3 is 6.61 Å². The average Bonchev–Trinajstić information content (AvgIpc) is 2.75. The fourth-order valence-electron chi connectivity index (χ4n) is 3.15. The Morgan fingerprint density at radius 3 is 2.60 bits per heavy atom. The molecule has 0 aliphatic carbocycles. The Morgan fingerprint density at radius 2 is 1.88 bits per heavy atom. The first-order chi connectivity index (χ1) is 12.0. The predicted octanol–water partition coefficient (Wildman–Crippen LogP) is 4.05. The van der Waals surface area contributed by atoms with Gasteiger partial charge in [0.15, 0.2) is 0 Å². The van der Waals surface area contributed by atoms with Crippen LogP contribution in [0.25, 0.3) is 0 Å². The van der Waals surface area contributed by atoms with Gasteiger partial charge in [-0.1, -0.05) is 24.3 Å². The molecule has 0 unspecified atom stereocenters. The molecular weight excluding hydrogens is 326 g/mol. The zero-order chi connectivity index (χ0) is 17.8. The Hall–Kier alpha value is -2.63. The van der Waals surface area contributed by atoms with Crippen molar-refractivity contribution in [2.75, 3.05) is 22.9 Å². The molecule has 0 saturated heterocycles. The summed E-state index contributed by atoms with van der Waals surface area (Å²) < 4.78 is 29.3. The van der Waals surface area contributed by atoms with Gasteiger partial charge in [0, 0.05) is 26.6 Å². The van der Waals surface area contributed by atoms with Crippen LogP contribution in [0.2, 0.25) is 0 Å². The fourth-order valence-corrected chi connectivity index (χ4v) is 3.15. The third-order valence-electron chi connectivity index (χ3n) is 4.20. The number of carbonyl (C=O) groups excluding carboxylic acids is 1. The molecule has 0 atom stereocenters. The summed E-state index contributed by atoms with van der Waals surface area (Å²) in [7, 11) is 0. The highest BCUT2D eigenvalue weighted by atomic mass is 19.3. The van der Waals surface area contributed by atoms with Gasteiger partial charge in [0.2, 0.25) is 5.91 Å². The molecule has 132 valence electrons. The predicted molar refractivity (Wildman–Crippen MR) is 93.2 cm³/mol. The van der Waals surface area contributed by atoms with Gasteiger partial charge < -0.3 is 14.5 Å². The van der Waals surface area contributed by atoms with Crippen LogP contribution in [0.15, 0.2) is 48.5 Å². The van der Waals surface area contributed by atoms with E-state index in [1.807, 2.05) is 30.3 Å². The molecule has 0 aromatic heterocycles. The zero-order valence-corrected chi connectivity index (χ0v) is 14.0. The smallest absolute Gasteiger partial charge is 0.387 e. The number of para-hydroxylation sites is 2. The number of anilines is 2. The van der Waals surface area contributed by atoms with Crippen LogP contribution in [0.4, 0.5) is 20.2 Å². The van der Waals surface area contributed by atoms with Gasteiger partial charge in [-0.25, -0.2) is 0 Å². The van der Waals surface area contributed by atoms with Crippen LogP contribution in [0.3, 0.4) is 0 Å². The number of carbonyl (C=O) groups is 1. The number of halogens is 2. The van der Waals surface area contributed by atoms with Crippen molar-refractivity contribution < 1.29 is 18.3 Å². The summed E-state index contributed by atoms with van der Waals surface area (Å²) in [6.45, 7) is 0.733. The summed E-state index contributed by atoms with van der Waals surface area (Å²) in [6.07, 6.45) is 0.835. The summed E-state index contributed by atoms with van der Waals surface area (Å²) >= 11 is 0. The molecule has 1 heterocycles. The van der Waals surface area contributed by atoms with Crippen LogP contribution in [-0.2, 0) is 11.3 Å². The SMILES string of the molecule is CC(=O)N1CCCN(Cc2cccc(OC(F)F)c2)c2ccccc21.